The molecule has 2 N–H and O–H groups in total. The fourth-order valence-electron chi connectivity index (χ4n) is 2.51. The summed E-state index contributed by atoms with van der Waals surface area (Å²) in [6.07, 6.45) is 1.26. The molecule has 0 radical (unpaired) electrons. The van der Waals surface area contributed by atoms with Crippen molar-refractivity contribution in [3.63, 3.8) is 0 Å². The minimum Gasteiger partial charge on any atom is -0.457 e. The largest absolute Gasteiger partial charge is 0.457 e. The molecule has 1 heterocycles. The fourth-order valence-corrected chi connectivity index (χ4v) is 3.59. The van der Waals surface area contributed by atoms with Crippen LogP contribution in [0.4, 0.5) is 11.4 Å². The van der Waals surface area contributed by atoms with Gasteiger partial charge < -0.3 is 9.73 Å². The predicted molar refractivity (Wildman–Crippen MR) is 104 cm³/mol. The van der Waals surface area contributed by atoms with Gasteiger partial charge in [-0.15, -0.1) is 0 Å². The van der Waals surface area contributed by atoms with E-state index in [1.807, 2.05) is 12.1 Å². The van der Waals surface area contributed by atoms with Gasteiger partial charge in [-0.25, -0.2) is 8.42 Å². The Labute approximate surface area is 158 Å². The van der Waals surface area contributed by atoms with Gasteiger partial charge in [0.05, 0.1) is 11.2 Å². The molecular weight excluding hydrogens is 364 g/mol. The van der Waals surface area contributed by atoms with Crippen molar-refractivity contribution in [3.05, 3.63) is 78.3 Å². The van der Waals surface area contributed by atoms with Crippen molar-refractivity contribution in [1.82, 2.24) is 0 Å². The zero-order valence-corrected chi connectivity index (χ0v) is 15.8. The molecule has 140 valence electrons. The number of rotatable bonds is 6. The molecule has 0 aliphatic rings. The third-order valence-electron chi connectivity index (χ3n) is 4.00. The maximum atomic E-state index is 12.5. The maximum absolute atomic E-state index is 12.5. The Hall–Kier alpha value is -3.06. The highest BCUT2D eigenvalue weighted by atomic mass is 32.2. The number of nitrogens with one attached hydrogen (secondary N) is 2. The highest BCUT2D eigenvalue weighted by molar-refractivity contribution is 7.92. The van der Waals surface area contributed by atoms with Crippen LogP contribution >= 0.6 is 0 Å². The van der Waals surface area contributed by atoms with Crippen LogP contribution in [0.1, 0.15) is 35.9 Å². The van der Waals surface area contributed by atoms with Crippen LogP contribution in [0.2, 0.25) is 0 Å². The van der Waals surface area contributed by atoms with Gasteiger partial charge in [-0.1, -0.05) is 44.2 Å². The van der Waals surface area contributed by atoms with Gasteiger partial charge in [-0.2, -0.15) is 0 Å². The molecule has 0 aliphatic heterocycles. The Morgan fingerprint density at radius 2 is 1.63 bits per heavy atom. The zero-order chi connectivity index (χ0) is 19.4. The van der Waals surface area contributed by atoms with Gasteiger partial charge in [0.1, 0.15) is 5.69 Å². The van der Waals surface area contributed by atoms with E-state index in [-0.39, 0.29) is 16.3 Å². The first-order chi connectivity index (χ1) is 12.9. The highest BCUT2D eigenvalue weighted by Crippen LogP contribution is 2.23. The molecule has 0 bridgehead atoms. The van der Waals surface area contributed by atoms with Crippen LogP contribution in [0.5, 0.6) is 0 Å². The molecule has 6 nitrogen and oxygen atoms in total. The topological polar surface area (TPSA) is 88.4 Å². The Morgan fingerprint density at radius 1 is 0.963 bits per heavy atom. The number of anilines is 2. The van der Waals surface area contributed by atoms with Crippen LogP contribution in [0.15, 0.2) is 76.2 Å². The molecule has 2 aromatic carbocycles. The number of amides is 1. The van der Waals surface area contributed by atoms with Crippen molar-refractivity contribution in [3.8, 4) is 0 Å². The number of furan rings is 1. The third kappa shape index (κ3) is 4.38. The van der Waals surface area contributed by atoms with Crippen LogP contribution in [-0.2, 0) is 10.0 Å². The average Bonchev–Trinajstić information content (AvgIpc) is 3.10. The van der Waals surface area contributed by atoms with Crippen molar-refractivity contribution in [2.45, 2.75) is 24.7 Å². The standard InChI is InChI=1S/C20H20N2O4S/c1-14(2)15-8-10-16(11-9-15)21-20(23)19-18(12-13-26-19)22-27(24,25)17-6-4-3-5-7-17/h3-14,22H,1-2H3,(H,21,23). The highest BCUT2D eigenvalue weighted by Gasteiger charge is 2.21. The van der Waals surface area contributed by atoms with E-state index in [1.165, 1.54) is 24.5 Å². The van der Waals surface area contributed by atoms with E-state index >= 15 is 0 Å². The summed E-state index contributed by atoms with van der Waals surface area (Å²) in [5.74, 6) is -0.260. The number of benzene rings is 2. The summed E-state index contributed by atoms with van der Waals surface area (Å²) in [6, 6.07) is 16.8. The Balaban J connectivity index is 1.77. The first kappa shape index (κ1) is 18.7. The molecule has 1 amide bonds. The van der Waals surface area contributed by atoms with Crippen LogP contribution < -0.4 is 10.0 Å². The first-order valence-electron chi connectivity index (χ1n) is 8.43. The smallest absolute Gasteiger partial charge is 0.293 e. The summed E-state index contributed by atoms with van der Waals surface area (Å²) < 4.78 is 32.5. The van der Waals surface area contributed by atoms with Gasteiger partial charge in [0.15, 0.2) is 0 Å². The molecule has 0 saturated carbocycles. The lowest BCUT2D eigenvalue weighted by Crippen LogP contribution is -2.17. The number of carbonyl (C=O) groups is 1. The maximum Gasteiger partial charge on any atom is 0.293 e. The van der Waals surface area contributed by atoms with E-state index in [2.05, 4.69) is 23.9 Å². The van der Waals surface area contributed by atoms with Gasteiger partial charge >= 0.3 is 0 Å². The lowest BCUT2D eigenvalue weighted by Gasteiger charge is -2.10. The van der Waals surface area contributed by atoms with E-state index in [4.69, 9.17) is 4.42 Å². The molecular formula is C20H20N2O4S. The second-order valence-corrected chi connectivity index (χ2v) is 8.00. The van der Waals surface area contributed by atoms with E-state index in [0.29, 0.717) is 11.6 Å². The minimum absolute atomic E-state index is 0.0788. The second-order valence-electron chi connectivity index (χ2n) is 6.31. The molecule has 1 aromatic heterocycles. The average molecular weight is 384 g/mol. The molecule has 7 heteroatoms. The van der Waals surface area contributed by atoms with Crippen LogP contribution in [0.3, 0.4) is 0 Å². The van der Waals surface area contributed by atoms with Gasteiger partial charge in [0.25, 0.3) is 15.9 Å². The minimum atomic E-state index is -3.82. The van der Waals surface area contributed by atoms with Gasteiger partial charge in [-0.05, 0) is 35.7 Å². The number of hydrogen-bond donors (Lipinski definition) is 2. The second kappa shape index (κ2) is 7.67. The first-order valence-corrected chi connectivity index (χ1v) is 9.92. The Morgan fingerprint density at radius 3 is 2.26 bits per heavy atom. The molecule has 0 atom stereocenters. The van der Waals surface area contributed by atoms with Crippen LogP contribution in [0, 0.1) is 0 Å². The quantitative estimate of drug-likeness (QED) is 0.657. The summed E-state index contributed by atoms with van der Waals surface area (Å²) in [5, 5.41) is 2.71. The number of sulfonamides is 1. The molecule has 0 fully saturated rings. The number of carbonyl (C=O) groups excluding carboxylic acids is 1. The molecule has 3 rings (SSSR count). The van der Waals surface area contributed by atoms with E-state index in [1.54, 1.807) is 30.3 Å². The summed E-state index contributed by atoms with van der Waals surface area (Å²) in [5.41, 5.74) is 1.83. The van der Waals surface area contributed by atoms with Crippen molar-refractivity contribution < 1.29 is 17.6 Å². The van der Waals surface area contributed by atoms with Crippen LogP contribution in [0.25, 0.3) is 0 Å². The molecule has 0 saturated heterocycles. The van der Waals surface area contributed by atoms with E-state index in [0.717, 1.165) is 5.56 Å². The van der Waals surface area contributed by atoms with Crippen molar-refractivity contribution in [2.75, 3.05) is 10.0 Å². The van der Waals surface area contributed by atoms with Crippen molar-refractivity contribution in [2.24, 2.45) is 0 Å². The normalized spacial score (nSPS) is 11.4. The Kier molecular flexibility index (Phi) is 5.32. The third-order valence-corrected chi connectivity index (χ3v) is 5.39. The zero-order valence-electron chi connectivity index (χ0n) is 15.0. The van der Waals surface area contributed by atoms with Gasteiger partial charge in [0, 0.05) is 11.8 Å². The lowest BCUT2D eigenvalue weighted by molar-refractivity contribution is 0.0998. The summed E-state index contributed by atoms with van der Waals surface area (Å²) >= 11 is 0. The monoisotopic (exact) mass is 384 g/mol. The number of hydrogen-bond acceptors (Lipinski definition) is 4. The van der Waals surface area contributed by atoms with Crippen molar-refractivity contribution >= 4 is 27.3 Å². The van der Waals surface area contributed by atoms with Crippen LogP contribution in [-0.4, -0.2) is 14.3 Å². The summed E-state index contributed by atoms with van der Waals surface area (Å²) in [4.78, 5) is 12.6. The summed E-state index contributed by atoms with van der Waals surface area (Å²) in [6.45, 7) is 4.17. The Bertz CT molecular complexity index is 1020. The van der Waals surface area contributed by atoms with E-state index < -0.39 is 15.9 Å². The fraction of sp³-hybridized carbons (Fsp3) is 0.150. The van der Waals surface area contributed by atoms with Gasteiger partial charge in [0.2, 0.25) is 5.76 Å². The molecule has 0 spiro atoms. The molecule has 3 aromatic rings. The van der Waals surface area contributed by atoms with Gasteiger partial charge in [-0.3, -0.25) is 9.52 Å². The SMILES string of the molecule is CC(C)c1ccc(NC(=O)c2occc2NS(=O)(=O)c2ccccc2)cc1. The van der Waals surface area contributed by atoms with E-state index in [9.17, 15) is 13.2 Å². The molecule has 0 unspecified atom stereocenters. The predicted octanol–water partition coefficient (Wildman–Crippen LogP) is 4.46. The van der Waals surface area contributed by atoms with Crippen molar-refractivity contribution in [1.29, 1.82) is 0 Å². The molecule has 0 aliphatic carbocycles. The lowest BCUT2D eigenvalue weighted by atomic mass is 10.0. The summed E-state index contributed by atoms with van der Waals surface area (Å²) in [7, 11) is -3.82. The molecule has 27 heavy (non-hydrogen) atoms.